The predicted octanol–water partition coefficient (Wildman–Crippen LogP) is 2.61. The van der Waals surface area contributed by atoms with Crippen LogP contribution in [0.4, 0.5) is 4.79 Å². The van der Waals surface area contributed by atoms with Crippen LogP contribution in [0.25, 0.3) is 0 Å². The van der Waals surface area contributed by atoms with Crippen LogP contribution in [0.5, 0.6) is 0 Å². The lowest BCUT2D eigenvalue weighted by molar-refractivity contribution is 0.147. The molecule has 1 aliphatic heterocycles. The number of rotatable bonds is 4. The molecule has 1 heterocycles. The Labute approximate surface area is 116 Å². The summed E-state index contributed by atoms with van der Waals surface area (Å²) in [5, 5.41) is 0. The van der Waals surface area contributed by atoms with Crippen molar-refractivity contribution in [3.8, 4) is 0 Å². The summed E-state index contributed by atoms with van der Waals surface area (Å²) < 4.78 is 0. The number of piperidine rings is 1. The van der Waals surface area contributed by atoms with Crippen LogP contribution in [0, 0.1) is 5.92 Å². The maximum absolute atomic E-state index is 11.4. The van der Waals surface area contributed by atoms with Crippen molar-refractivity contribution >= 4 is 6.03 Å². The monoisotopic (exact) mass is 267 g/mol. The molecule has 2 atom stereocenters. The Bertz CT molecular complexity index is 289. The highest BCUT2D eigenvalue weighted by atomic mass is 16.2. The van der Waals surface area contributed by atoms with Crippen LogP contribution in [-0.4, -0.2) is 29.6 Å². The zero-order chi connectivity index (χ0) is 13.7. The maximum Gasteiger partial charge on any atom is 0.315 e. The number of nitrogens with two attached hydrogens (primary N) is 2. The number of nitrogens with zero attached hydrogens (tertiary/aromatic N) is 1. The zero-order valence-electron chi connectivity index (χ0n) is 12.0. The van der Waals surface area contributed by atoms with E-state index in [9.17, 15) is 4.79 Å². The second-order valence-corrected chi connectivity index (χ2v) is 6.42. The molecule has 0 bridgehead atoms. The van der Waals surface area contributed by atoms with E-state index in [0.717, 1.165) is 38.1 Å². The van der Waals surface area contributed by atoms with Crippen molar-refractivity contribution in [1.82, 2.24) is 4.90 Å². The average Bonchev–Trinajstić information content (AvgIpc) is 2.40. The molecule has 0 aromatic rings. The van der Waals surface area contributed by atoms with Gasteiger partial charge in [-0.3, -0.25) is 0 Å². The fourth-order valence-corrected chi connectivity index (χ4v) is 3.83. The van der Waals surface area contributed by atoms with E-state index in [4.69, 9.17) is 11.5 Å². The van der Waals surface area contributed by atoms with Crippen LogP contribution in [-0.2, 0) is 0 Å². The Morgan fingerprint density at radius 1 is 1.05 bits per heavy atom. The largest absolute Gasteiger partial charge is 0.351 e. The van der Waals surface area contributed by atoms with Gasteiger partial charge in [-0.05, 0) is 38.0 Å². The van der Waals surface area contributed by atoms with Crippen LogP contribution in [0.3, 0.4) is 0 Å². The van der Waals surface area contributed by atoms with Gasteiger partial charge in [-0.2, -0.15) is 0 Å². The molecule has 1 saturated heterocycles. The van der Waals surface area contributed by atoms with Gasteiger partial charge in [-0.25, -0.2) is 4.79 Å². The summed E-state index contributed by atoms with van der Waals surface area (Å²) >= 11 is 0. The first-order chi connectivity index (χ1) is 9.16. The SMILES string of the molecule is NC(=O)N1CCCCC1CC(N)CC1CCCCC1. The van der Waals surface area contributed by atoms with Gasteiger partial charge in [-0.1, -0.05) is 32.1 Å². The molecule has 2 rings (SSSR count). The number of amides is 2. The van der Waals surface area contributed by atoms with Crippen LogP contribution >= 0.6 is 0 Å². The molecule has 4 heteroatoms. The van der Waals surface area contributed by atoms with Gasteiger partial charge in [0.1, 0.15) is 0 Å². The second-order valence-electron chi connectivity index (χ2n) is 6.42. The topological polar surface area (TPSA) is 72.4 Å². The molecular formula is C15H29N3O. The van der Waals surface area contributed by atoms with E-state index >= 15 is 0 Å². The number of carbonyl (C=O) groups excluding carboxylic acids is 1. The van der Waals surface area contributed by atoms with Crippen molar-refractivity contribution in [2.24, 2.45) is 17.4 Å². The van der Waals surface area contributed by atoms with Gasteiger partial charge >= 0.3 is 6.03 Å². The Morgan fingerprint density at radius 3 is 2.42 bits per heavy atom. The summed E-state index contributed by atoms with van der Waals surface area (Å²) in [6, 6.07) is 0.243. The smallest absolute Gasteiger partial charge is 0.315 e. The Kier molecular flexibility index (Phi) is 5.49. The van der Waals surface area contributed by atoms with Gasteiger partial charge in [-0.15, -0.1) is 0 Å². The zero-order valence-corrected chi connectivity index (χ0v) is 12.0. The summed E-state index contributed by atoms with van der Waals surface area (Å²) in [5.74, 6) is 0.814. The molecule has 1 aliphatic carbocycles. The van der Waals surface area contributed by atoms with Gasteiger partial charge in [0.15, 0.2) is 0 Å². The molecule has 4 N–H and O–H groups in total. The molecule has 2 amide bonds. The summed E-state index contributed by atoms with van der Waals surface area (Å²) in [6.07, 6.45) is 12.2. The standard InChI is InChI=1S/C15H29N3O/c16-13(10-12-6-2-1-3-7-12)11-14-8-4-5-9-18(14)15(17)19/h12-14H,1-11,16H2,(H2,17,19). The lowest BCUT2D eigenvalue weighted by Gasteiger charge is -2.36. The van der Waals surface area contributed by atoms with Crippen molar-refractivity contribution in [1.29, 1.82) is 0 Å². The van der Waals surface area contributed by atoms with Gasteiger partial charge in [0.05, 0.1) is 0 Å². The third-order valence-corrected chi connectivity index (χ3v) is 4.85. The highest BCUT2D eigenvalue weighted by Gasteiger charge is 2.27. The molecule has 0 radical (unpaired) electrons. The summed E-state index contributed by atoms with van der Waals surface area (Å²) in [6.45, 7) is 0.816. The molecule has 0 spiro atoms. The quantitative estimate of drug-likeness (QED) is 0.821. The van der Waals surface area contributed by atoms with Gasteiger partial charge < -0.3 is 16.4 Å². The lowest BCUT2D eigenvalue weighted by Crippen LogP contribution is -2.48. The number of carbonyl (C=O) groups is 1. The van der Waals surface area contributed by atoms with Crippen LogP contribution in [0.15, 0.2) is 0 Å². The van der Waals surface area contributed by atoms with Crippen LogP contribution < -0.4 is 11.5 Å². The summed E-state index contributed by atoms with van der Waals surface area (Å²) in [4.78, 5) is 13.3. The minimum atomic E-state index is -0.269. The molecule has 2 fully saturated rings. The first-order valence-electron chi connectivity index (χ1n) is 7.98. The van der Waals surface area contributed by atoms with Crippen molar-refractivity contribution in [2.75, 3.05) is 6.54 Å². The molecular weight excluding hydrogens is 238 g/mol. The van der Waals surface area contributed by atoms with E-state index in [2.05, 4.69) is 0 Å². The van der Waals surface area contributed by atoms with E-state index < -0.39 is 0 Å². The average molecular weight is 267 g/mol. The lowest BCUT2D eigenvalue weighted by atomic mass is 9.83. The van der Waals surface area contributed by atoms with Crippen molar-refractivity contribution in [2.45, 2.75) is 76.3 Å². The Balaban J connectivity index is 1.79. The molecule has 4 nitrogen and oxygen atoms in total. The van der Waals surface area contributed by atoms with Crippen molar-refractivity contribution < 1.29 is 4.79 Å². The van der Waals surface area contributed by atoms with Crippen molar-refractivity contribution in [3.05, 3.63) is 0 Å². The Morgan fingerprint density at radius 2 is 1.74 bits per heavy atom. The highest BCUT2D eigenvalue weighted by Crippen LogP contribution is 2.29. The molecule has 2 aliphatic rings. The van der Waals surface area contributed by atoms with E-state index in [1.165, 1.54) is 38.5 Å². The third kappa shape index (κ3) is 4.37. The molecule has 2 unspecified atom stereocenters. The van der Waals surface area contributed by atoms with Crippen molar-refractivity contribution in [3.63, 3.8) is 0 Å². The Hall–Kier alpha value is -0.770. The number of primary amides is 1. The maximum atomic E-state index is 11.4. The van der Waals surface area contributed by atoms with E-state index in [0.29, 0.717) is 0 Å². The fraction of sp³-hybridized carbons (Fsp3) is 0.933. The predicted molar refractivity (Wildman–Crippen MR) is 77.7 cm³/mol. The molecule has 110 valence electrons. The fourth-order valence-electron chi connectivity index (χ4n) is 3.83. The van der Waals surface area contributed by atoms with Gasteiger partial charge in [0.2, 0.25) is 0 Å². The molecule has 0 aromatic carbocycles. The molecule has 1 saturated carbocycles. The molecule has 0 aromatic heterocycles. The number of hydrogen-bond acceptors (Lipinski definition) is 2. The number of likely N-dealkylation sites (tertiary alicyclic amines) is 1. The first-order valence-corrected chi connectivity index (χ1v) is 7.98. The minimum Gasteiger partial charge on any atom is -0.351 e. The highest BCUT2D eigenvalue weighted by molar-refractivity contribution is 5.72. The second kappa shape index (κ2) is 7.13. The van der Waals surface area contributed by atoms with E-state index in [1.54, 1.807) is 0 Å². The van der Waals surface area contributed by atoms with Gasteiger partial charge in [0, 0.05) is 18.6 Å². The summed E-state index contributed by atoms with van der Waals surface area (Å²) in [7, 11) is 0. The first kappa shape index (κ1) is 14.6. The van der Waals surface area contributed by atoms with Gasteiger partial charge in [0.25, 0.3) is 0 Å². The third-order valence-electron chi connectivity index (χ3n) is 4.85. The van der Waals surface area contributed by atoms with E-state index in [1.807, 2.05) is 4.90 Å². The number of hydrogen-bond donors (Lipinski definition) is 2. The van der Waals surface area contributed by atoms with E-state index in [-0.39, 0.29) is 18.1 Å². The molecule has 19 heavy (non-hydrogen) atoms. The van der Waals surface area contributed by atoms with Crippen LogP contribution in [0.2, 0.25) is 0 Å². The normalized spacial score (nSPS) is 27.2. The number of urea groups is 1. The summed E-state index contributed by atoms with van der Waals surface area (Å²) in [5.41, 5.74) is 11.8. The minimum absolute atomic E-state index is 0.230. The van der Waals surface area contributed by atoms with Crippen LogP contribution in [0.1, 0.15) is 64.2 Å².